The quantitative estimate of drug-likeness (QED) is 0.351. The van der Waals surface area contributed by atoms with Gasteiger partial charge in [0.2, 0.25) is 21.9 Å². The van der Waals surface area contributed by atoms with Gasteiger partial charge in [0.25, 0.3) is 0 Å². The number of pyridine rings is 1. The fourth-order valence-corrected chi connectivity index (χ4v) is 4.02. The van der Waals surface area contributed by atoms with Crippen molar-refractivity contribution in [3.05, 3.63) is 58.9 Å². The normalized spacial score (nSPS) is 13.2. The minimum Gasteiger partial charge on any atom is -0.364 e. The number of benzene rings is 1. The molecule has 0 atom stereocenters. The number of halogens is 3. The molecule has 4 rings (SSSR count). The summed E-state index contributed by atoms with van der Waals surface area (Å²) in [6, 6.07) is 8.22. The van der Waals surface area contributed by atoms with Crippen LogP contribution in [0.15, 0.2) is 36.5 Å². The first-order valence-electron chi connectivity index (χ1n) is 10.8. The average Bonchev–Trinajstić information content (AvgIpc) is 3.18. The van der Waals surface area contributed by atoms with Gasteiger partial charge in [-0.25, -0.2) is 18.4 Å². The van der Waals surface area contributed by atoms with E-state index in [1.807, 2.05) is 0 Å². The average molecular weight is 522 g/mol. The zero-order chi connectivity index (χ0) is 26.1. The molecule has 2 aromatic heterocycles. The van der Waals surface area contributed by atoms with E-state index < -0.39 is 27.6 Å². The van der Waals surface area contributed by atoms with E-state index >= 15 is 0 Å². The Morgan fingerprint density at radius 3 is 2.61 bits per heavy atom. The summed E-state index contributed by atoms with van der Waals surface area (Å²) in [6.07, 6.45) is -3.80. The number of rotatable bonds is 8. The van der Waals surface area contributed by atoms with Crippen LogP contribution in [0.4, 0.5) is 42.1 Å². The third-order valence-corrected chi connectivity index (χ3v) is 6.57. The van der Waals surface area contributed by atoms with Gasteiger partial charge >= 0.3 is 6.18 Å². The van der Waals surface area contributed by atoms with Crippen LogP contribution in [0, 0.1) is 6.92 Å². The van der Waals surface area contributed by atoms with Gasteiger partial charge in [-0.15, -0.1) is 0 Å². The fourth-order valence-electron chi connectivity index (χ4n) is 3.37. The number of aromatic nitrogens is 3. The van der Waals surface area contributed by atoms with Crippen LogP contribution in [0.25, 0.3) is 0 Å². The van der Waals surface area contributed by atoms with E-state index in [0.29, 0.717) is 28.8 Å². The molecule has 3 aromatic rings. The van der Waals surface area contributed by atoms with Crippen LogP contribution >= 0.6 is 0 Å². The smallest absolute Gasteiger partial charge is 0.364 e. The Morgan fingerprint density at radius 1 is 1.11 bits per heavy atom. The highest BCUT2D eigenvalue weighted by Crippen LogP contribution is 2.35. The van der Waals surface area contributed by atoms with Crippen LogP contribution in [0.3, 0.4) is 0 Å². The molecular formula is C22H22F3N7O3S. The van der Waals surface area contributed by atoms with Gasteiger partial charge in [0.15, 0.2) is 0 Å². The molecule has 0 spiro atoms. The van der Waals surface area contributed by atoms with Crippen LogP contribution in [-0.4, -0.2) is 35.0 Å². The Labute approximate surface area is 204 Å². The van der Waals surface area contributed by atoms with Crippen molar-refractivity contribution in [2.45, 2.75) is 33.0 Å². The molecule has 36 heavy (non-hydrogen) atoms. The first kappa shape index (κ1) is 25.2. The van der Waals surface area contributed by atoms with Gasteiger partial charge in [-0.3, -0.25) is 9.52 Å². The highest BCUT2D eigenvalue weighted by Gasteiger charge is 2.35. The Bertz CT molecular complexity index is 1430. The number of sulfonamides is 1. The van der Waals surface area contributed by atoms with Crippen molar-refractivity contribution in [1.82, 2.24) is 15.0 Å². The summed E-state index contributed by atoms with van der Waals surface area (Å²) in [7, 11) is -3.58. The summed E-state index contributed by atoms with van der Waals surface area (Å²) < 4.78 is 66.9. The van der Waals surface area contributed by atoms with E-state index in [-0.39, 0.29) is 36.4 Å². The number of aryl methyl sites for hydroxylation is 1. The van der Waals surface area contributed by atoms with E-state index in [0.717, 1.165) is 5.56 Å². The number of hydrogen-bond donors (Lipinski definition) is 4. The lowest BCUT2D eigenvalue weighted by molar-refractivity contribution is -0.137. The van der Waals surface area contributed by atoms with Crippen LogP contribution < -0.4 is 20.7 Å². The third-order valence-electron chi connectivity index (χ3n) is 5.31. The number of nitrogens with one attached hydrogen (secondary N) is 4. The molecule has 190 valence electrons. The van der Waals surface area contributed by atoms with Crippen molar-refractivity contribution in [3.63, 3.8) is 0 Å². The molecule has 0 saturated heterocycles. The van der Waals surface area contributed by atoms with Gasteiger partial charge in [-0.1, -0.05) is 12.1 Å². The second-order valence-electron chi connectivity index (χ2n) is 8.00. The van der Waals surface area contributed by atoms with Crippen molar-refractivity contribution < 1.29 is 26.4 Å². The zero-order valence-corrected chi connectivity index (χ0v) is 20.0. The second kappa shape index (κ2) is 9.60. The highest BCUT2D eigenvalue weighted by atomic mass is 32.2. The Kier molecular flexibility index (Phi) is 6.71. The van der Waals surface area contributed by atoms with E-state index in [9.17, 15) is 26.4 Å². The lowest BCUT2D eigenvalue weighted by Crippen LogP contribution is -2.18. The molecule has 14 heteroatoms. The summed E-state index contributed by atoms with van der Waals surface area (Å²) in [5.41, 5.74) is 1.68. The highest BCUT2D eigenvalue weighted by molar-refractivity contribution is 7.92. The number of carbonyl (C=O) groups is 1. The molecule has 0 radical (unpaired) electrons. The summed E-state index contributed by atoms with van der Waals surface area (Å²) in [6.45, 7) is 2.97. The predicted molar refractivity (Wildman–Crippen MR) is 128 cm³/mol. The Balaban J connectivity index is 1.56. The maximum Gasteiger partial charge on any atom is 0.421 e. The number of amides is 1. The number of hydrogen-bond acceptors (Lipinski definition) is 8. The monoisotopic (exact) mass is 521 g/mol. The van der Waals surface area contributed by atoms with E-state index in [4.69, 9.17) is 0 Å². The molecule has 1 aromatic carbocycles. The van der Waals surface area contributed by atoms with Crippen LogP contribution in [0.2, 0.25) is 0 Å². The molecule has 1 amide bonds. The molecular weight excluding hydrogens is 499 g/mol. The molecule has 0 saturated carbocycles. The van der Waals surface area contributed by atoms with E-state index in [1.54, 1.807) is 37.3 Å². The summed E-state index contributed by atoms with van der Waals surface area (Å²) >= 11 is 0. The Morgan fingerprint density at radius 2 is 1.89 bits per heavy atom. The van der Waals surface area contributed by atoms with Crippen LogP contribution in [-0.2, 0) is 34.0 Å². The maximum absolute atomic E-state index is 13.6. The van der Waals surface area contributed by atoms with E-state index in [1.165, 1.54) is 6.92 Å². The molecule has 0 bridgehead atoms. The Hall–Kier alpha value is -3.94. The second-order valence-corrected chi connectivity index (χ2v) is 10.0. The topological polar surface area (TPSA) is 138 Å². The van der Waals surface area contributed by atoms with Gasteiger partial charge in [-0.2, -0.15) is 18.2 Å². The minimum absolute atomic E-state index is 0.0944. The van der Waals surface area contributed by atoms with Gasteiger partial charge in [0.05, 0.1) is 24.4 Å². The van der Waals surface area contributed by atoms with Gasteiger partial charge in [-0.05, 0) is 43.2 Å². The third kappa shape index (κ3) is 5.82. The minimum atomic E-state index is -4.72. The molecule has 0 aliphatic carbocycles. The molecule has 0 unspecified atom stereocenters. The van der Waals surface area contributed by atoms with Crippen LogP contribution in [0.5, 0.6) is 0 Å². The summed E-state index contributed by atoms with van der Waals surface area (Å²) in [4.78, 5) is 23.5. The maximum atomic E-state index is 13.6. The van der Waals surface area contributed by atoms with Crippen molar-refractivity contribution in [3.8, 4) is 0 Å². The fraction of sp³-hybridized carbons (Fsp3) is 0.273. The van der Waals surface area contributed by atoms with Gasteiger partial charge < -0.3 is 16.0 Å². The predicted octanol–water partition coefficient (Wildman–Crippen LogP) is 3.81. The van der Waals surface area contributed by atoms with E-state index in [2.05, 4.69) is 35.6 Å². The molecule has 3 heterocycles. The standard InChI is InChI=1S/C22H22F3N7O3S/c1-3-36(34,35)32-19-12(2)4-6-15(28-19)10-26-20-16(22(23,24)25)11-27-21(31-20)29-14-7-5-13-8-18(33)30-17(13)9-14/h4-7,9,11H,3,8,10H2,1-2H3,(H,28,32)(H,30,33)(H2,26,27,29,31). The largest absolute Gasteiger partial charge is 0.421 e. The number of nitrogens with zero attached hydrogens (tertiary/aromatic N) is 3. The van der Waals surface area contributed by atoms with Crippen molar-refractivity contribution in [2.75, 3.05) is 26.4 Å². The van der Waals surface area contributed by atoms with Crippen LogP contribution in [0.1, 0.15) is 29.3 Å². The molecule has 4 N–H and O–H groups in total. The van der Waals surface area contributed by atoms with Gasteiger partial charge in [0, 0.05) is 17.6 Å². The zero-order valence-electron chi connectivity index (χ0n) is 19.2. The van der Waals surface area contributed by atoms with Crippen molar-refractivity contribution in [2.24, 2.45) is 0 Å². The number of anilines is 5. The van der Waals surface area contributed by atoms with Gasteiger partial charge in [0.1, 0.15) is 17.2 Å². The molecule has 0 fully saturated rings. The number of carbonyl (C=O) groups excluding carboxylic acids is 1. The lowest BCUT2D eigenvalue weighted by Gasteiger charge is -2.15. The summed E-state index contributed by atoms with van der Waals surface area (Å²) in [5, 5.41) is 8.16. The number of alkyl halides is 3. The molecule has 1 aliphatic rings. The van der Waals surface area contributed by atoms with Crippen molar-refractivity contribution >= 4 is 44.9 Å². The SMILES string of the molecule is CCS(=O)(=O)Nc1nc(CNc2nc(Nc3ccc4c(c3)NC(=O)C4)ncc2C(F)(F)F)ccc1C. The summed E-state index contributed by atoms with van der Waals surface area (Å²) in [5.74, 6) is -0.773. The molecule has 10 nitrogen and oxygen atoms in total. The van der Waals surface area contributed by atoms with Crippen molar-refractivity contribution in [1.29, 1.82) is 0 Å². The lowest BCUT2D eigenvalue weighted by atomic mass is 10.1. The number of fused-ring (bicyclic) bond motifs is 1. The first-order chi connectivity index (χ1) is 16.9. The molecule has 1 aliphatic heterocycles. The first-order valence-corrected chi connectivity index (χ1v) is 12.4.